The highest BCUT2D eigenvalue weighted by Gasteiger charge is 2.24. The first-order chi connectivity index (χ1) is 15.0. The molecule has 9 nitrogen and oxygen atoms in total. The second kappa shape index (κ2) is 8.60. The Morgan fingerprint density at radius 1 is 1.39 bits per heavy atom. The summed E-state index contributed by atoms with van der Waals surface area (Å²) < 4.78 is 1.82. The predicted molar refractivity (Wildman–Crippen MR) is 116 cm³/mol. The van der Waals surface area contributed by atoms with Crippen LogP contribution in [0, 0.1) is 11.3 Å². The van der Waals surface area contributed by atoms with Crippen LogP contribution in [0.25, 0.3) is 11.0 Å². The van der Waals surface area contributed by atoms with E-state index in [-0.39, 0.29) is 23.2 Å². The monoisotopic (exact) mass is 419 g/mol. The van der Waals surface area contributed by atoms with Crippen LogP contribution in [0.5, 0.6) is 0 Å². The lowest BCUT2D eigenvalue weighted by molar-refractivity contribution is -0.132. The van der Waals surface area contributed by atoms with Crippen molar-refractivity contribution in [3.8, 4) is 6.07 Å². The van der Waals surface area contributed by atoms with Crippen molar-refractivity contribution >= 4 is 22.8 Å². The Hall–Kier alpha value is -3.67. The number of likely N-dealkylation sites (tertiary alicyclic amines) is 1. The maximum Gasteiger partial charge on any atom is 0.260 e. The number of nitrogens with two attached hydrogens (primary N) is 1. The van der Waals surface area contributed by atoms with Crippen molar-refractivity contribution in [2.24, 2.45) is 7.05 Å². The maximum atomic E-state index is 12.6. The minimum atomic E-state index is -0.147. The molecule has 9 heteroatoms. The fourth-order valence-electron chi connectivity index (χ4n) is 4.14. The van der Waals surface area contributed by atoms with Gasteiger partial charge < -0.3 is 20.2 Å². The zero-order chi connectivity index (χ0) is 22.0. The number of carbonyl (C=O) groups is 1. The molecule has 3 aromatic heterocycles. The van der Waals surface area contributed by atoms with Crippen molar-refractivity contribution in [2.45, 2.75) is 38.0 Å². The highest BCUT2D eigenvalue weighted by Crippen LogP contribution is 2.29. The summed E-state index contributed by atoms with van der Waals surface area (Å²) in [5.74, 6) is 1.25. The van der Waals surface area contributed by atoms with Gasteiger partial charge in [-0.15, -0.1) is 0 Å². The first-order valence-electron chi connectivity index (χ1n) is 10.4. The summed E-state index contributed by atoms with van der Waals surface area (Å²) in [6.45, 7) is 1.36. The lowest BCUT2D eigenvalue weighted by Gasteiger charge is -2.32. The van der Waals surface area contributed by atoms with E-state index >= 15 is 0 Å². The summed E-state index contributed by atoms with van der Waals surface area (Å²) in [5, 5.41) is 9.72. The zero-order valence-corrected chi connectivity index (χ0v) is 17.5. The van der Waals surface area contributed by atoms with Crippen LogP contribution in [0.3, 0.4) is 0 Å². The number of hydrogen-bond donors (Lipinski definition) is 2. The number of nitrogen functional groups attached to an aromatic ring is 1. The number of hydrogen-bond acceptors (Lipinski definition) is 6. The van der Waals surface area contributed by atoms with Crippen molar-refractivity contribution in [1.29, 1.82) is 5.26 Å². The number of amides is 1. The molecule has 31 heavy (non-hydrogen) atoms. The van der Waals surface area contributed by atoms with Crippen molar-refractivity contribution in [2.75, 3.05) is 18.8 Å². The molecular weight excluding hydrogens is 394 g/mol. The fraction of sp³-hybridized carbons (Fsp3) is 0.409. The Balaban J connectivity index is 1.29. The minimum absolute atomic E-state index is 0.119. The van der Waals surface area contributed by atoms with Crippen LogP contribution in [-0.2, 0) is 18.3 Å². The topological polar surface area (TPSA) is 134 Å². The number of aromatic nitrogens is 4. The molecule has 1 aliphatic heterocycles. The van der Waals surface area contributed by atoms with Crippen molar-refractivity contribution in [1.82, 2.24) is 24.4 Å². The fourth-order valence-corrected chi connectivity index (χ4v) is 4.14. The van der Waals surface area contributed by atoms with Crippen LogP contribution < -0.4 is 11.3 Å². The number of pyridine rings is 1. The van der Waals surface area contributed by atoms with Crippen LogP contribution in [0.4, 0.5) is 5.82 Å². The lowest BCUT2D eigenvalue weighted by atomic mass is 9.89. The third kappa shape index (κ3) is 4.28. The third-order valence-electron chi connectivity index (χ3n) is 5.97. The second-order valence-electron chi connectivity index (χ2n) is 8.00. The number of nitrogens with one attached hydrogen (secondary N) is 1. The number of fused-ring (bicyclic) bond motifs is 1. The van der Waals surface area contributed by atoms with Crippen LogP contribution >= 0.6 is 0 Å². The number of aromatic amines is 1. The average molecular weight is 419 g/mol. The van der Waals surface area contributed by atoms with Gasteiger partial charge >= 0.3 is 0 Å². The minimum Gasteiger partial charge on any atom is -0.383 e. The Kier molecular flexibility index (Phi) is 5.71. The molecule has 0 radical (unpaired) electrons. The molecule has 0 spiro atoms. The molecule has 4 heterocycles. The van der Waals surface area contributed by atoms with Gasteiger partial charge in [0, 0.05) is 45.4 Å². The average Bonchev–Trinajstić information content (AvgIpc) is 3.15. The van der Waals surface area contributed by atoms with Crippen LogP contribution in [-0.4, -0.2) is 43.4 Å². The molecule has 3 aromatic rings. The van der Waals surface area contributed by atoms with Crippen LogP contribution in [0.2, 0.25) is 0 Å². The van der Waals surface area contributed by atoms with Gasteiger partial charge in [0.05, 0.1) is 10.9 Å². The van der Waals surface area contributed by atoms with E-state index in [9.17, 15) is 9.59 Å². The van der Waals surface area contributed by atoms with Gasteiger partial charge in [-0.25, -0.2) is 9.97 Å². The SMILES string of the molecule is Cn1ccc2c(=O)[nH]c(CCCC(=O)N3CCC(c4cnc(N)c(C#N)c4)CC3)nc21. The van der Waals surface area contributed by atoms with E-state index in [0.717, 1.165) is 18.4 Å². The van der Waals surface area contributed by atoms with Gasteiger partial charge in [0.1, 0.15) is 23.4 Å². The highest BCUT2D eigenvalue weighted by atomic mass is 16.2. The lowest BCUT2D eigenvalue weighted by Crippen LogP contribution is -2.37. The molecule has 1 saturated heterocycles. The number of rotatable bonds is 5. The van der Waals surface area contributed by atoms with Crippen molar-refractivity contribution < 1.29 is 4.79 Å². The van der Waals surface area contributed by atoms with E-state index in [1.807, 2.05) is 28.8 Å². The van der Waals surface area contributed by atoms with Crippen LogP contribution in [0.1, 0.15) is 48.6 Å². The van der Waals surface area contributed by atoms with E-state index < -0.39 is 0 Å². The predicted octanol–water partition coefficient (Wildman–Crippen LogP) is 1.84. The van der Waals surface area contributed by atoms with Gasteiger partial charge in [-0.05, 0) is 42.9 Å². The molecule has 0 bridgehead atoms. The molecule has 160 valence electrons. The molecule has 0 saturated carbocycles. The summed E-state index contributed by atoms with van der Waals surface area (Å²) in [7, 11) is 1.85. The van der Waals surface area contributed by atoms with Gasteiger partial charge in [-0.2, -0.15) is 5.26 Å². The number of nitrogens with zero attached hydrogens (tertiary/aromatic N) is 5. The third-order valence-corrected chi connectivity index (χ3v) is 5.97. The van der Waals surface area contributed by atoms with Crippen molar-refractivity contribution in [3.05, 3.63) is 51.8 Å². The normalized spacial score (nSPS) is 14.6. The van der Waals surface area contributed by atoms with Gasteiger partial charge in [0.2, 0.25) is 5.91 Å². The first kappa shape index (κ1) is 20.6. The Labute approximate surface area is 179 Å². The van der Waals surface area contributed by atoms with E-state index in [2.05, 4.69) is 21.0 Å². The largest absolute Gasteiger partial charge is 0.383 e. The summed E-state index contributed by atoms with van der Waals surface area (Å²) in [4.78, 5) is 38.1. The summed E-state index contributed by atoms with van der Waals surface area (Å²) in [5.41, 5.74) is 7.62. The van der Waals surface area contributed by atoms with Gasteiger partial charge in [0.25, 0.3) is 5.56 Å². The molecule has 0 atom stereocenters. The van der Waals surface area contributed by atoms with E-state index in [1.54, 1.807) is 12.3 Å². The number of carbonyl (C=O) groups excluding carboxylic acids is 1. The number of H-pyrrole nitrogens is 1. The Bertz CT molecular complexity index is 1210. The standard InChI is InChI=1S/C22H25N7O2/c1-28-8-7-17-21(28)26-18(27-22(17)31)3-2-4-19(30)29-9-5-14(6-10-29)16-11-15(12-23)20(24)25-13-16/h7-8,11,13-14H,2-6,9-10H2,1H3,(H2,24,25)(H,26,27,31). The maximum absolute atomic E-state index is 12.6. The molecule has 0 aromatic carbocycles. The second-order valence-corrected chi connectivity index (χ2v) is 8.00. The smallest absolute Gasteiger partial charge is 0.260 e. The Morgan fingerprint density at radius 3 is 2.90 bits per heavy atom. The van der Waals surface area contributed by atoms with Crippen LogP contribution in [0.15, 0.2) is 29.3 Å². The summed E-state index contributed by atoms with van der Waals surface area (Å²) >= 11 is 0. The van der Waals surface area contributed by atoms with Crippen molar-refractivity contribution in [3.63, 3.8) is 0 Å². The number of aryl methyl sites for hydroxylation is 2. The molecular formula is C22H25N7O2. The van der Waals surface area contributed by atoms with Gasteiger partial charge in [0.15, 0.2) is 0 Å². The molecule has 1 fully saturated rings. The molecule has 0 unspecified atom stereocenters. The summed E-state index contributed by atoms with van der Waals surface area (Å²) in [6, 6.07) is 5.63. The highest BCUT2D eigenvalue weighted by molar-refractivity contribution is 5.76. The summed E-state index contributed by atoms with van der Waals surface area (Å²) in [6.07, 6.45) is 6.81. The number of nitriles is 1. The first-order valence-corrected chi connectivity index (χ1v) is 10.4. The molecule has 1 amide bonds. The molecule has 0 aliphatic carbocycles. The molecule has 4 rings (SSSR count). The number of anilines is 1. The van der Waals surface area contributed by atoms with E-state index in [4.69, 9.17) is 11.0 Å². The number of piperidine rings is 1. The quantitative estimate of drug-likeness (QED) is 0.648. The van der Waals surface area contributed by atoms with Gasteiger partial charge in [-0.3, -0.25) is 9.59 Å². The molecule has 3 N–H and O–H groups in total. The van der Waals surface area contributed by atoms with E-state index in [1.165, 1.54) is 0 Å². The molecule has 1 aliphatic rings. The zero-order valence-electron chi connectivity index (χ0n) is 17.5. The van der Waals surface area contributed by atoms with Gasteiger partial charge in [-0.1, -0.05) is 0 Å². The van der Waals surface area contributed by atoms with E-state index in [0.29, 0.717) is 54.8 Å². The Morgan fingerprint density at radius 2 is 2.16 bits per heavy atom.